The Morgan fingerprint density at radius 3 is 2.16 bits per heavy atom. The number of carbonyl (C=O) groups is 3. The Balaban J connectivity index is 1.33. The van der Waals surface area contributed by atoms with Crippen molar-refractivity contribution >= 4 is 28.6 Å². The van der Waals surface area contributed by atoms with E-state index in [-0.39, 0.29) is 42.8 Å². The maximum absolute atomic E-state index is 14.6. The number of ether oxygens (including phenoxy) is 8. The number of benzene rings is 1. The fraction of sp³-hybridized carbons (Fsp3) is 0.786. The number of hydrogen-bond acceptors (Lipinski definition) is 17. The molecule has 5 N–H and O–H groups in total. The summed E-state index contributed by atoms with van der Waals surface area (Å²) < 4.78 is 53.8. The summed E-state index contributed by atoms with van der Waals surface area (Å²) in [5.74, 6) is -5.83. The van der Waals surface area contributed by atoms with Crippen molar-refractivity contribution in [2.24, 2.45) is 23.7 Å². The lowest BCUT2D eigenvalue weighted by Gasteiger charge is -2.50. The second-order valence-electron chi connectivity index (χ2n) is 22.5. The summed E-state index contributed by atoms with van der Waals surface area (Å²) in [4.78, 5) is 55.4. The number of nitrogens with zero attached hydrogens (tertiary/aromatic N) is 2. The Labute approximate surface area is 444 Å². The minimum absolute atomic E-state index is 0.0922. The number of hydrogen-bond donors (Lipinski definition) is 5. The number of methoxy groups -OCH3 is 2. The van der Waals surface area contributed by atoms with Gasteiger partial charge in [-0.05, 0) is 132 Å². The predicted octanol–water partition coefficient (Wildman–Crippen LogP) is 5.11. The number of likely N-dealkylation sites (N-methyl/N-ethyl adjacent to an activating group) is 1. The van der Waals surface area contributed by atoms with E-state index in [0.29, 0.717) is 56.4 Å². The van der Waals surface area contributed by atoms with Crippen LogP contribution in [0.15, 0.2) is 29.2 Å². The number of aliphatic hydroxyl groups is 3. The molecule has 3 aliphatic rings. The molecular formula is C56H91N3O16. The molecular weight excluding hydrogens is 971 g/mol. The van der Waals surface area contributed by atoms with Crippen molar-refractivity contribution in [1.82, 2.24) is 14.8 Å². The molecule has 19 nitrogen and oxygen atoms in total. The molecule has 4 heterocycles. The van der Waals surface area contributed by atoms with Gasteiger partial charge in [-0.15, -0.1) is 0 Å². The lowest BCUT2D eigenvalue weighted by Crippen LogP contribution is -2.61. The summed E-state index contributed by atoms with van der Waals surface area (Å²) in [5.41, 5.74) is -3.27. The van der Waals surface area contributed by atoms with Crippen LogP contribution in [0.1, 0.15) is 131 Å². The first-order chi connectivity index (χ1) is 35.2. The van der Waals surface area contributed by atoms with Gasteiger partial charge in [0.1, 0.15) is 35.3 Å². The highest BCUT2D eigenvalue weighted by atomic mass is 16.7. The molecule has 0 spiro atoms. The molecule has 0 aliphatic carbocycles. The second kappa shape index (κ2) is 26.5. The average molecular weight is 1060 g/mol. The Bertz CT molecular complexity index is 2280. The van der Waals surface area contributed by atoms with Gasteiger partial charge in [-0.25, -0.2) is 4.79 Å². The lowest BCUT2D eigenvalue weighted by molar-refractivity contribution is -0.322. The van der Waals surface area contributed by atoms with Gasteiger partial charge in [-0.1, -0.05) is 33.8 Å². The molecule has 18 atom stereocenters. The van der Waals surface area contributed by atoms with Crippen LogP contribution < -0.4 is 10.7 Å². The molecule has 0 unspecified atom stereocenters. The Morgan fingerprint density at radius 1 is 0.893 bits per heavy atom. The summed E-state index contributed by atoms with van der Waals surface area (Å²) >= 11 is 0. The third-order valence-electron chi connectivity index (χ3n) is 16.6. The SMILES string of the molecule is CC[C@@H]1OC(=O)[C@H](C)[C@H](O[C@@H]2C[C@](C)(OC)[C@H](OCCCNCCCc3ccc4c(c3)c(=O)c(C(=O)O)cn4CC)[C@H](C)O2)[C@@H](C)[C@H](O[C@H]2O[C@@H](C)C[C@@H](N(C)C)[C@H]2O)[C@](C)(OC)C[C@H](C)C(=O)[C@H](C)[C@H](O)[C@@]1(C)O. The van der Waals surface area contributed by atoms with Crippen LogP contribution in [0.4, 0.5) is 0 Å². The van der Waals surface area contributed by atoms with Gasteiger partial charge in [0.05, 0.1) is 53.2 Å². The zero-order valence-corrected chi connectivity index (χ0v) is 47.3. The number of Topliss-reactive ketones (excluding diaryl/α,β-unsaturated/α-hetero) is 1. The molecule has 2 aromatic rings. The first-order valence-electron chi connectivity index (χ1n) is 27.1. The van der Waals surface area contributed by atoms with E-state index in [2.05, 4.69) is 5.32 Å². The number of carboxylic acids is 1. The van der Waals surface area contributed by atoms with E-state index in [4.69, 9.17) is 37.9 Å². The zero-order chi connectivity index (χ0) is 55.9. The van der Waals surface area contributed by atoms with Crippen LogP contribution in [0.25, 0.3) is 10.9 Å². The van der Waals surface area contributed by atoms with Gasteiger partial charge in [0.25, 0.3) is 0 Å². The van der Waals surface area contributed by atoms with Gasteiger partial charge in [0.2, 0.25) is 5.43 Å². The van der Waals surface area contributed by atoms with E-state index in [1.165, 1.54) is 20.2 Å². The maximum Gasteiger partial charge on any atom is 0.341 e. The highest BCUT2D eigenvalue weighted by Crippen LogP contribution is 2.42. The smallest absolute Gasteiger partial charge is 0.341 e. The minimum atomic E-state index is -2.00. The Morgan fingerprint density at radius 2 is 1.55 bits per heavy atom. The standard InChI is InChI=1S/C56H91N3O16/c1-16-42-56(11,67)48(63)33(5)44(60)31(3)28-54(9,68-14)49(75-53-46(62)41(58(12)13)26-32(4)71-53)34(6)47(35(7)52(66)73-42)74-43-29-55(10,69-15)50(36(8)72-43)70-25-19-24-57-23-18-20-37-21-22-40-38(27-37)45(61)39(51(64)65)30-59(40)17-2/h21-22,27,30-36,41-43,46-50,53,57,62-63,67H,16-20,23-26,28-29H2,1-15H3,(H,64,65)/t31-,32-,33-,34+,35+,36-,41+,42-,43+,46+,47+,48-,49-,50+,53+,54+,55-,56-/m0/s1. The van der Waals surface area contributed by atoms with Gasteiger partial charge < -0.3 is 73.1 Å². The van der Waals surface area contributed by atoms with Crippen LogP contribution in [-0.2, 0) is 60.4 Å². The van der Waals surface area contributed by atoms with Gasteiger partial charge in [0.15, 0.2) is 12.6 Å². The van der Waals surface area contributed by atoms with Crippen molar-refractivity contribution < 1.29 is 72.7 Å². The van der Waals surface area contributed by atoms with Crippen LogP contribution in [0.3, 0.4) is 0 Å². The number of aryl methyl sites for hydroxylation is 2. The van der Waals surface area contributed by atoms with Crippen molar-refractivity contribution in [1.29, 1.82) is 0 Å². The normalized spacial score (nSPS) is 37.6. The molecule has 19 heteroatoms. The molecule has 1 aromatic heterocycles. The summed E-state index contributed by atoms with van der Waals surface area (Å²) in [5, 5.41) is 48.7. The van der Waals surface area contributed by atoms with E-state index in [9.17, 15) is 39.6 Å². The molecule has 0 bridgehead atoms. The number of esters is 1. The summed E-state index contributed by atoms with van der Waals surface area (Å²) in [6.45, 7) is 21.7. The van der Waals surface area contributed by atoms with Crippen LogP contribution >= 0.6 is 0 Å². The topological polar surface area (TPSA) is 243 Å². The second-order valence-corrected chi connectivity index (χ2v) is 22.5. The maximum atomic E-state index is 14.6. The van der Waals surface area contributed by atoms with Crippen LogP contribution in [0.2, 0.25) is 0 Å². The van der Waals surface area contributed by atoms with Crippen molar-refractivity contribution in [2.45, 2.75) is 212 Å². The molecule has 426 valence electrons. The van der Waals surface area contributed by atoms with E-state index >= 15 is 0 Å². The number of fused-ring (bicyclic) bond motifs is 1. The first-order valence-corrected chi connectivity index (χ1v) is 27.1. The molecule has 0 radical (unpaired) electrons. The van der Waals surface area contributed by atoms with E-state index in [1.54, 1.807) is 45.4 Å². The van der Waals surface area contributed by atoms with Crippen LogP contribution in [0.5, 0.6) is 0 Å². The number of aromatic carboxylic acids is 1. The van der Waals surface area contributed by atoms with Gasteiger partial charge >= 0.3 is 11.9 Å². The number of aliphatic hydroxyl groups excluding tert-OH is 2. The number of ketones is 1. The van der Waals surface area contributed by atoms with Gasteiger partial charge in [-0.2, -0.15) is 0 Å². The molecule has 75 heavy (non-hydrogen) atoms. The monoisotopic (exact) mass is 1060 g/mol. The Kier molecular flexibility index (Phi) is 22.0. The molecule has 3 aliphatic heterocycles. The molecule has 3 fully saturated rings. The number of rotatable bonds is 19. The zero-order valence-electron chi connectivity index (χ0n) is 47.3. The predicted molar refractivity (Wildman–Crippen MR) is 281 cm³/mol. The number of carbonyl (C=O) groups excluding carboxylic acids is 2. The first kappa shape index (κ1) is 62.4. The molecule has 1 aromatic carbocycles. The fourth-order valence-corrected chi connectivity index (χ4v) is 11.8. The average Bonchev–Trinajstić information content (AvgIpc) is 3.36. The fourth-order valence-electron chi connectivity index (χ4n) is 11.8. The summed E-state index contributed by atoms with van der Waals surface area (Å²) in [7, 11) is 6.89. The number of carboxylic acid groups (broad SMARTS) is 1. The quantitative estimate of drug-likeness (QED) is 0.0907. The number of cyclic esters (lactones) is 1. The number of pyridine rings is 1. The molecule has 0 amide bonds. The van der Waals surface area contributed by atoms with Crippen LogP contribution in [0, 0.1) is 23.7 Å². The third-order valence-corrected chi connectivity index (χ3v) is 16.6. The van der Waals surface area contributed by atoms with Crippen molar-refractivity contribution in [3.8, 4) is 0 Å². The van der Waals surface area contributed by atoms with Crippen molar-refractivity contribution in [3.05, 3.63) is 45.7 Å². The van der Waals surface area contributed by atoms with Crippen molar-refractivity contribution in [2.75, 3.05) is 48.0 Å². The highest BCUT2D eigenvalue weighted by Gasteiger charge is 2.54. The van der Waals surface area contributed by atoms with Crippen LogP contribution in [-0.4, -0.2) is 180 Å². The molecule has 3 saturated heterocycles. The highest BCUT2D eigenvalue weighted by molar-refractivity contribution is 5.92. The van der Waals surface area contributed by atoms with Crippen molar-refractivity contribution in [3.63, 3.8) is 0 Å². The lowest BCUT2D eigenvalue weighted by atomic mass is 9.74. The Hall–Kier alpha value is -3.44. The van der Waals surface area contributed by atoms with E-state index in [1.807, 2.05) is 72.7 Å². The van der Waals surface area contributed by atoms with E-state index < -0.39 is 113 Å². The number of aromatic nitrogens is 1. The van der Waals surface area contributed by atoms with Gasteiger partial charge in [-0.3, -0.25) is 14.4 Å². The van der Waals surface area contributed by atoms with Gasteiger partial charge in [0, 0.05) is 69.2 Å². The largest absolute Gasteiger partial charge is 0.477 e. The molecule has 0 saturated carbocycles. The number of nitrogens with one attached hydrogen (secondary N) is 1. The molecule has 5 rings (SSSR count). The summed E-state index contributed by atoms with van der Waals surface area (Å²) in [6.07, 6.45) is -4.76. The third kappa shape index (κ3) is 14.3. The minimum Gasteiger partial charge on any atom is -0.477 e. The van der Waals surface area contributed by atoms with E-state index in [0.717, 1.165) is 12.0 Å². The summed E-state index contributed by atoms with van der Waals surface area (Å²) in [6, 6.07) is 5.34.